The fourth-order valence-corrected chi connectivity index (χ4v) is 1.78. The molecule has 0 radical (unpaired) electrons. The maximum Gasteiger partial charge on any atom is 0.573 e. The van der Waals surface area contributed by atoms with Crippen LogP contribution in [0.4, 0.5) is 13.2 Å². The first kappa shape index (κ1) is 17.1. The summed E-state index contributed by atoms with van der Waals surface area (Å²) in [6.45, 7) is 3.06. The third-order valence-electron chi connectivity index (χ3n) is 2.20. The highest BCUT2D eigenvalue weighted by Crippen LogP contribution is 2.33. The number of benzene rings is 1. The van der Waals surface area contributed by atoms with E-state index in [1.807, 2.05) is 6.92 Å². The molecule has 0 saturated carbocycles. The van der Waals surface area contributed by atoms with Crippen LogP contribution in [0.3, 0.4) is 0 Å². The van der Waals surface area contributed by atoms with Crippen LogP contribution in [0.25, 0.3) is 0 Å². The smallest absolute Gasteiger partial charge is 0.491 e. The molecular weight excluding hydrogens is 343 g/mol. The highest BCUT2D eigenvalue weighted by Gasteiger charge is 2.32. The minimum Gasteiger partial charge on any atom is -0.491 e. The largest absolute Gasteiger partial charge is 0.573 e. The van der Waals surface area contributed by atoms with Crippen LogP contribution in [0.2, 0.25) is 0 Å². The Morgan fingerprint density at radius 1 is 1.40 bits per heavy atom. The lowest BCUT2D eigenvalue weighted by molar-refractivity contribution is -0.274. The number of aliphatic hydroxyl groups excluding tert-OH is 1. The van der Waals surface area contributed by atoms with E-state index in [0.717, 1.165) is 12.6 Å². The number of ether oxygens (including phenoxy) is 2. The minimum atomic E-state index is -4.74. The molecule has 114 valence electrons. The predicted molar refractivity (Wildman–Crippen MR) is 70.9 cm³/mol. The van der Waals surface area contributed by atoms with Gasteiger partial charge in [0.05, 0.1) is 4.47 Å². The summed E-state index contributed by atoms with van der Waals surface area (Å²) in [6, 6.07) is 3.83. The van der Waals surface area contributed by atoms with E-state index in [4.69, 9.17) is 4.74 Å². The van der Waals surface area contributed by atoms with Crippen molar-refractivity contribution in [2.24, 2.45) is 0 Å². The molecule has 1 unspecified atom stereocenters. The number of hydrogen-bond donors (Lipinski definition) is 2. The standard InChI is InChI=1S/C12H15BrF3NO3/c1-2-17-6-8(18)7-19-9-3-4-11(10(13)5-9)20-12(14,15)16/h3-5,8,17-18H,2,6-7H2,1H3. The van der Waals surface area contributed by atoms with Gasteiger partial charge in [-0.1, -0.05) is 6.92 Å². The second-order valence-electron chi connectivity index (χ2n) is 3.91. The molecule has 0 fully saturated rings. The summed E-state index contributed by atoms with van der Waals surface area (Å²) < 4.78 is 45.4. The van der Waals surface area contributed by atoms with Gasteiger partial charge < -0.3 is 19.9 Å². The molecule has 0 spiro atoms. The lowest BCUT2D eigenvalue weighted by Crippen LogP contribution is -2.31. The number of halogens is 4. The third kappa shape index (κ3) is 6.44. The number of hydrogen-bond acceptors (Lipinski definition) is 4. The number of aliphatic hydroxyl groups is 1. The van der Waals surface area contributed by atoms with E-state index >= 15 is 0 Å². The number of alkyl halides is 3. The quantitative estimate of drug-likeness (QED) is 0.787. The molecule has 0 heterocycles. The highest BCUT2D eigenvalue weighted by atomic mass is 79.9. The molecule has 1 rings (SSSR count). The van der Waals surface area contributed by atoms with E-state index in [1.54, 1.807) is 0 Å². The van der Waals surface area contributed by atoms with Gasteiger partial charge in [0.25, 0.3) is 0 Å². The van der Waals surface area contributed by atoms with E-state index in [1.165, 1.54) is 12.1 Å². The van der Waals surface area contributed by atoms with Crippen molar-refractivity contribution < 1.29 is 27.8 Å². The molecular formula is C12H15BrF3NO3. The summed E-state index contributed by atoms with van der Waals surface area (Å²) in [5.41, 5.74) is 0. The zero-order valence-corrected chi connectivity index (χ0v) is 12.3. The summed E-state index contributed by atoms with van der Waals surface area (Å²) in [5, 5.41) is 12.5. The maximum atomic E-state index is 12.1. The van der Waals surface area contributed by atoms with Crippen molar-refractivity contribution in [2.45, 2.75) is 19.4 Å². The van der Waals surface area contributed by atoms with Gasteiger partial charge in [0.1, 0.15) is 24.2 Å². The molecule has 1 aromatic carbocycles. The van der Waals surface area contributed by atoms with Crippen molar-refractivity contribution >= 4 is 15.9 Å². The average molecular weight is 358 g/mol. The Bertz CT molecular complexity index is 429. The first-order valence-electron chi connectivity index (χ1n) is 5.88. The third-order valence-corrected chi connectivity index (χ3v) is 2.82. The van der Waals surface area contributed by atoms with E-state index < -0.39 is 12.5 Å². The van der Waals surface area contributed by atoms with Gasteiger partial charge in [-0.3, -0.25) is 0 Å². The van der Waals surface area contributed by atoms with Crippen LogP contribution >= 0.6 is 15.9 Å². The first-order valence-corrected chi connectivity index (χ1v) is 6.68. The molecule has 0 aliphatic rings. The SMILES string of the molecule is CCNCC(O)COc1ccc(OC(F)(F)F)c(Br)c1. The Labute approximate surface area is 123 Å². The van der Waals surface area contributed by atoms with Crippen molar-refractivity contribution in [1.29, 1.82) is 0 Å². The van der Waals surface area contributed by atoms with Gasteiger partial charge in [-0.2, -0.15) is 0 Å². The number of nitrogens with one attached hydrogen (secondary N) is 1. The highest BCUT2D eigenvalue weighted by molar-refractivity contribution is 9.10. The Balaban J connectivity index is 2.55. The molecule has 0 aliphatic heterocycles. The molecule has 0 aromatic heterocycles. The lowest BCUT2D eigenvalue weighted by Gasteiger charge is -2.14. The molecule has 1 aromatic rings. The average Bonchev–Trinajstić information content (AvgIpc) is 2.35. The van der Waals surface area contributed by atoms with Crippen LogP contribution < -0.4 is 14.8 Å². The van der Waals surface area contributed by atoms with Gasteiger partial charge in [-0.05, 0) is 40.7 Å². The summed E-state index contributed by atoms with van der Waals surface area (Å²) in [6.07, 6.45) is -5.44. The van der Waals surface area contributed by atoms with Gasteiger partial charge >= 0.3 is 6.36 Å². The zero-order chi connectivity index (χ0) is 15.2. The number of likely N-dealkylation sites (N-methyl/N-ethyl adjacent to an activating group) is 1. The summed E-state index contributed by atoms with van der Waals surface area (Å²) in [5.74, 6) is -0.0139. The molecule has 20 heavy (non-hydrogen) atoms. The van der Waals surface area contributed by atoms with E-state index in [9.17, 15) is 18.3 Å². The van der Waals surface area contributed by atoms with E-state index in [-0.39, 0.29) is 16.8 Å². The van der Waals surface area contributed by atoms with E-state index in [0.29, 0.717) is 12.3 Å². The summed E-state index contributed by atoms with van der Waals surface area (Å²) >= 11 is 2.97. The van der Waals surface area contributed by atoms with Gasteiger partial charge in [0.2, 0.25) is 0 Å². The molecule has 0 saturated heterocycles. The van der Waals surface area contributed by atoms with E-state index in [2.05, 4.69) is 26.0 Å². The summed E-state index contributed by atoms with van der Waals surface area (Å²) in [7, 11) is 0. The Hall–Kier alpha value is -0.990. The van der Waals surface area contributed by atoms with Crippen LogP contribution in [0.15, 0.2) is 22.7 Å². The van der Waals surface area contributed by atoms with Crippen LogP contribution in [-0.4, -0.2) is 37.3 Å². The number of rotatable bonds is 7. The summed E-state index contributed by atoms with van der Waals surface area (Å²) in [4.78, 5) is 0. The second kappa shape index (κ2) is 7.70. The van der Waals surface area contributed by atoms with Gasteiger partial charge in [-0.15, -0.1) is 13.2 Å². The van der Waals surface area contributed by atoms with Crippen molar-refractivity contribution in [3.63, 3.8) is 0 Å². The molecule has 0 aliphatic carbocycles. The predicted octanol–water partition coefficient (Wildman–Crippen LogP) is 2.70. The zero-order valence-electron chi connectivity index (χ0n) is 10.7. The van der Waals surface area contributed by atoms with Crippen molar-refractivity contribution in [3.05, 3.63) is 22.7 Å². The van der Waals surface area contributed by atoms with Gasteiger partial charge in [0, 0.05) is 6.54 Å². The minimum absolute atomic E-state index is 0.0406. The molecule has 8 heteroatoms. The van der Waals surface area contributed by atoms with Crippen LogP contribution in [0.5, 0.6) is 11.5 Å². The molecule has 4 nitrogen and oxygen atoms in total. The molecule has 1 atom stereocenters. The maximum absolute atomic E-state index is 12.1. The Morgan fingerprint density at radius 3 is 2.65 bits per heavy atom. The normalized spacial score (nSPS) is 13.1. The Kier molecular flexibility index (Phi) is 6.57. The molecule has 0 amide bonds. The van der Waals surface area contributed by atoms with Crippen molar-refractivity contribution in [1.82, 2.24) is 5.32 Å². The van der Waals surface area contributed by atoms with Gasteiger partial charge in [-0.25, -0.2) is 0 Å². The van der Waals surface area contributed by atoms with Gasteiger partial charge in [0.15, 0.2) is 0 Å². The first-order chi connectivity index (χ1) is 9.31. The van der Waals surface area contributed by atoms with Crippen LogP contribution in [0.1, 0.15) is 6.92 Å². The monoisotopic (exact) mass is 357 g/mol. The van der Waals surface area contributed by atoms with Crippen molar-refractivity contribution in [3.8, 4) is 11.5 Å². The molecule has 0 bridgehead atoms. The van der Waals surface area contributed by atoms with Crippen LogP contribution in [-0.2, 0) is 0 Å². The lowest BCUT2D eigenvalue weighted by atomic mass is 10.3. The molecule has 2 N–H and O–H groups in total. The fourth-order valence-electron chi connectivity index (χ4n) is 1.34. The van der Waals surface area contributed by atoms with Crippen molar-refractivity contribution in [2.75, 3.05) is 19.7 Å². The Morgan fingerprint density at radius 2 is 2.10 bits per heavy atom. The van der Waals surface area contributed by atoms with Crippen LogP contribution in [0, 0.1) is 0 Å². The topological polar surface area (TPSA) is 50.7 Å². The fraction of sp³-hybridized carbons (Fsp3) is 0.500. The second-order valence-corrected chi connectivity index (χ2v) is 4.77.